The van der Waals surface area contributed by atoms with Crippen LogP contribution < -0.4 is 4.74 Å². The second-order valence-electron chi connectivity index (χ2n) is 6.88. The molecule has 11 heteroatoms. The van der Waals surface area contributed by atoms with E-state index in [1.54, 1.807) is 21.8 Å². The molecule has 0 N–H and O–H groups in total. The van der Waals surface area contributed by atoms with Crippen LogP contribution >= 0.6 is 11.6 Å². The first-order chi connectivity index (χ1) is 13.4. The zero-order chi connectivity index (χ0) is 19.9. The van der Waals surface area contributed by atoms with Gasteiger partial charge >= 0.3 is 0 Å². The standard InChI is InChI=1S/C17H20ClN5O4S/c1-27-15-5-4-12(18)7-16(15)28(25,26)22-10-14(11-22)23-9-13(19-20-23)8-21-6-2-3-17(21)24/h4-5,7,9,14H,2-3,6,8,10-11H2,1H3. The molecule has 9 nitrogen and oxygen atoms in total. The fourth-order valence-electron chi connectivity index (χ4n) is 3.40. The number of halogens is 1. The molecule has 1 aromatic carbocycles. The molecule has 0 aliphatic carbocycles. The molecule has 2 aromatic rings. The monoisotopic (exact) mass is 425 g/mol. The minimum absolute atomic E-state index is 0.0489. The Balaban J connectivity index is 1.43. The average Bonchev–Trinajstić information content (AvgIpc) is 3.23. The van der Waals surface area contributed by atoms with Crippen LogP contribution in [0.4, 0.5) is 0 Å². The fraction of sp³-hybridized carbons (Fsp3) is 0.471. The van der Waals surface area contributed by atoms with Gasteiger partial charge in [0, 0.05) is 31.1 Å². The number of likely N-dealkylation sites (tertiary alicyclic amines) is 1. The average molecular weight is 426 g/mol. The van der Waals surface area contributed by atoms with Crippen LogP contribution in [0.3, 0.4) is 0 Å². The Morgan fingerprint density at radius 2 is 2.11 bits per heavy atom. The molecule has 3 heterocycles. The maximum absolute atomic E-state index is 12.9. The molecular weight excluding hydrogens is 406 g/mol. The van der Waals surface area contributed by atoms with Crippen molar-refractivity contribution < 1.29 is 17.9 Å². The van der Waals surface area contributed by atoms with Gasteiger partial charge in [0.25, 0.3) is 0 Å². The highest BCUT2D eigenvalue weighted by Crippen LogP contribution is 2.34. The maximum Gasteiger partial charge on any atom is 0.246 e. The zero-order valence-corrected chi connectivity index (χ0v) is 16.9. The largest absolute Gasteiger partial charge is 0.495 e. The Morgan fingerprint density at radius 1 is 1.32 bits per heavy atom. The predicted octanol–water partition coefficient (Wildman–Crippen LogP) is 1.31. The van der Waals surface area contributed by atoms with Gasteiger partial charge in [-0.15, -0.1) is 5.10 Å². The lowest BCUT2D eigenvalue weighted by Crippen LogP contribution is -2.50. The van der Waals surface area contributed by atoms with Crippen LogP contribution in [-0.4, -0.2) is 65.3 Å². The Hall–Kier alpha value is -2.17. The number of amides is 1. The number of rotatable bonds is 6. The molecule has 1 aromatic heterocycles. The van der Waals surface area contributed by atoms with Gasteiger partial charge in [-0.1, -0.05) is 16.8 Å². The van der Waals surface area contributed by atoms with Gasteiger partial charge in [-0.3, -0.25) is 4.79 Å². The van der Waals surface area contributed by atoms with Crippen molar-refractivity contribution in [2.24, 2.45) is 0 Å². The van der Waals surface area contributed by atoms with Gasteiger partial charge < -0.3 is 9.64 Å². The fourth-order valence-corrected chi connectivity index (χ4v) is 5.34. The number of carbonyl (C=O) groups excluding carboxylic acids is 1. The molecule has 0 atom stereocenters. The Bertz CT molecular complexity index is 1000. The van der Waals surface area contributed by atoms with Crippen LogP contribution in [0.2, 0.25) is 5.02 Å². The summed E-state index contributed by atoms with van der Waals surface area (Å²) in [6.07, 6.45) is 3.23. The lowest BCUT2D eigenvalue weighted by Gasteiger charge is -2.37. The summed E-state index contributed by atoms with van der Waals surface area (Å²) in [7, 11) is -2.30. The van der Waals surface area contributed by atoms with Crippen molar-refractivity contribution in [3.8, 4) is 5.75 Å². The molecule has 0 unspecified atom stereocenters. The molecule has 150 valence electrons. The zero-order valence-electron chi connectivity index (χ0n) is 15.3. The molecule has 0 radical (unpaired) electrons. The summed E-state index contributed by atoms with van der Waals surface area (Å²) in [5, 5.41) is 8.55. The molecule has 2 fully saturated rings. The number of carbonyl (C=O) groups is 1. The molecule has 28 heavy (non-hydrogen) atoms. The van der Waals surface area contributed by atoms with Gasteiger partial charge in [0.1, 0.15) is 16.3 Å². The number of ether oxygens (including phenoxy) is 1. The number of benzene rings is 1. The summed E-state index contributed by atoms with van der Waals surface area (Å²) in [6.45, 7) is 1.74. The Morgan fingerprint density at radius 3 is 2.79 bits per heavy atom. The SMILES string of the molecule is COc1ccc(Cl)cc1S(=O)(=O)N1CC(n2cc(CN3CCCC3=O)nn2)C1. The Labute approximate surface area is 167 Å². The number of methoxy groups -OCH3 is 1. The van der Waals surface area contributed by atoms with E-state index in [4.69, 9.17) is 16.3 Å². The molecule has 1 amide bonds. The number of nitrogens with zero attached hydrogens (tertiary/aromatic N) is 5. The molecular formula is C17H20ClN5O4S. The summed E-state index contributed by atoms with van der Waals surface area (Å²) in [4.78, 5) is 13.5. The number of sulfonamides is 1. The molecule has 4 rings (SSSR count). The van der Waals surface area contributed by atoms with Crippen LogP contribution in [0, 0.1) is 0 Å². The summed E-state index contributed by atoms with van der Waals surface area (Å²) in [6, 6.07) is 4.41. The predicted molar refractivity (Wildman–Crippen MR) is 100 cm³/mol. The van der Waals surface area contributed by atoms with E-state index < -0.39 is 10.0 Å². The van der Waals surface area contributed by atoms with E-state index in [9.17, 15) is 13.2 Å². The van der Waals surface area contributed by atoms with Crippen molar-refractivity contribution in [2.45, 2.75) is 30.3 Å². The maximum atomic E-state index is 12.9. The molecule has 0 spiro atoms. The first kappa shape index (κ1) is 19.2. The van der Waals surface area contributed by atoms with Gasteiger partial charge in [-0.2, -0.15) is 4.31 Å². The summed E-state index contributed by atoms with van der Waals surface area (Å²) in [5.41, 5.74) is 0.702. The van der Waals surface area contributed by atoms with Gasteiger partial charge in [0.2, 0.25) is 15.9 Å². The summed E-state index contributed by atoms with van der Waals surface area (Å²) < 4.78 is 34.0. The smallest absolute Gasteiger partial charge is 0.246 e. The van der Waals surface area contributed by atoms with Gasteiger partial charge in [0.05, 0.1) is 25.9 Å². The van der Waals surface area contributed by atoms with Crippen molar-refractivity contribution in [3.05, 3.63) is 35.1 Å². The van der Waals surface area contributed by atoms with Gasteiger partial charge in [-0.05, 0) is 24.6 Å². The lowest BCUT2D eigenvalue weighted by molar-refractivity contribution is -0.128. The second kappa shape index (κ2) is 7.34. The molecule has 2 aliphatic rings. The van der Waals surface area contributed by atoms with Crippen LogP contribution in [0.25, 0.3) is 0 Å². The third-order valence-electron chi connectivity index (χ3n) is 5.03. The van der Waals surface area contributed by atoms with Crippen molar-refractivity contribution >= 4 is 27.5 Å². The van der Waals surface area contributed by atoms with Crippen molar-refractivity contribution in [1.82, 2.24) is 24.2 Å². The number of hydrogen-bond donors (Lipinski definition) is 0. The van der Waals surface area contributed by atoms with Crippen LogP contribution in [-0.2, 0) is 21.4 Å². The van der Waals surface area contributed by atoms with Gasteiger partial charge in [-0.25, -0.2) is 13.1 Å². The first-order valence-electron chi connectivity index (χ1n) is 8.90. The van der Waals surface area contributed by atoms with Crippen molar-refractivity contribution in [1.29, 1.82) is 0 Å². The highest BCUT2D eigenvalue weighted by molar-refractivity contribution is 7.89. The first-order valence-corrected chi connectivity index (χ1v) is 10.7. The molecule has 0 bridgehead atoms. The third kappa shape index (κ3) is 3.47. The highest BCUT2D eigenvalue weighted by Gasteiger charge is 2.39. The minimum Gasteiger partial charge on any atom is -0.495 e. The van der Waals surface area contributed by atoms with E-state index in [1.165, 1.54) is 23.5 Å². The van der Waals surface area contributed by atoms with E-state index in [2.05, 4.69) is 10.3 Å². The summed E-state index contributed by atoms with van der Waals surface area (Å²) in [5.74, 6) is 0.386. The number of hydrogen-bond acceptors (Lipinski definition) is 6. The molecule has 0 saturated carbocycles. The lowest BCUT2D eigenvalue weighted by atomic mass is 10.2. The molecule has 2 aliphatic heterocycles. The van der Waals surface area contributed by atoms with Crippen LogP contribution in [0.1, 0.15) is 24.6 Å². The topological polar surface area (TPSA) is 97.6 Å². The van der Waals surface area contributed by atoms with Crippen LogP contribution in [0.5, 0.6) is 5.75 Å². The van der Waals surface area contributed by atoms with Gasteiger partial charge in [0.15, 0.2) is 0 Å². The van der Waals surface area contributed by atoms with E-state index in [0.29, 0.717) is 23.7 Å². The number of aromatic nitrogens is 3. The van der Waals surface area contributed by atoms with Crippen molar-refractivity contribution in [3.63, 3.8) is 0 Å². The van der Waals surface area contributed by atoms with Crippen LogP contribution in [0.15, 0.2) is 29.3 Å². The van der Waals surface area contributed by atoms with E-state index in [-0.39, 0.29) is 35.7 Å². The normalized spacial score (nSPS) is 18.5. The van der Waals surface area contributed by atoms with E-state index in [1.807, 2.05) is 0 Å². The van der Waals surface area contributed by atoms with E-state index in [0.717, 1.165) is 13.0 Å². The van der Waals surface area contributed by atoms with E-state index >= 15 is 0 Å². The highest BCUT2D eigenvalue weighted by atomic mass is 35.5. The molecule has 2 saturated heterocycles. The van der Waals surface area contributed by atoms with Crippen molar-refractivity contribution in [2.75, 3.05) is 26.7 Å². The Kier molecular flexibility index (Phi) is 5.02. The third-order valence-corrected chi connectivity index (χ3v) is 7.12. The second-order valence-corrected chi connectivity index (χ2v) is 9.22. The minimum atomic E-state index is -3.72. The summed E-state index contributed by atoms with van der Waals surface area (Å²) >= 11 is 5.96. The quantitative estimate of drug-likeness (QED) is 0.692.